The number of hydrogen-bond acceptors (Lipinski definition) is 8. The largest absolute Gasteiger partial charge is 0.497 e. The fraction of sp³-hybridized carbons (Fsp3) is 0.386. The normalized spacial score (nSPS) is 21.3. The molecule has 2 fully saturated rings. The number of unbranched alkanes of at least 4 members (excludes halogenated alkanes) is 2. The third kappa shape index (κ3) is 7.53. The summed E-state index contributed by atoms with van der Waals surface area (Å²) in [6.07, 6.45) is 3.89. The molecular formula is C44H48N4O6. The van der Waals surface area contributed by atoms with Gasteiger partial charge in [-0.15, -0.1) is 0 Å². The third-order valence-corrected chi connectivity index (χ3v) is 11.5. The van der Waals surface area contributed by atoms with Crippen LogP contribution in [0.5, 0.6) is 17.2 Å². The van der Waals surface area contributed by atoms with Crippen molar-refractivity contribution in [3.8, 4) is 17.2 Å². The number of fused-ring (bicyclic) bond motifs is 2. The first-order valence-electron chi connectivity index (χ1n) is 19.3. The number of nitrogens with zero attached hydrogens (tertiary/aromatic N) is 3. The van der Waals surface area contributed by atoms with Crippen LogP contribution in [0.15, 0.2) is 91.0 Å². The number of amides is 3. The van der Waals surface area contributed by atoms with Gasteiger partial charge in [0.05, 0.1) is 20.3 Å². The highest BCUT2D eigenvalue weighted by molar-refractivity contribution is 6.05. The average Bonchev–Trinajstić information content (AvgIpc) is 3.54. The third-order valence-electron chi connectivity index (χ3n) is 11.5. The van der Waals surface area contributed by atoms with Gasteiger partial charge in [0.25, 0.3) is 5.91 Å². The van der Waals surface area contributed by atoms with Crippen LogP contribution < -0.4 is 24.4 Å². The quantitative estimate of drug-likeness (QED) is 0.137. The summed E-state index contributed by atoms with van der Waals surface area (Å²) in [5, 5.41) is 2.38. The van der Waals surface area contributed by atoms with Crippen LogP contribution in [0.2, 0.25) is 0 Å². The van der Waals surface area contributed by atoms with Gasteiger partial charge in [-0.05, 0) is 85.3 Å². The zero-order chi connectivity index (χ0) is 37.0. The van der Waals surface area contributed by atoms with E-state index in [0.717, 1.165) is 80.5 Å². The predicted octanol–water partition coefficient (Wildman–Crippen LogP) is 6.14. The van der Waals surface area contributed by atoms with E-state index < -0.39 is 6.04 Å². The summed E-state index contributed by atoms with van der Waals surface area (Å²) < 4.78 is 17.9. The monoisotopic (exact) mass is 728 g/mol. The number of piperidine rings is 1. The Morgan fingerprint density at radius 3 is 2.39 bits per heavy atom. The topological polar surface area (TPSA) is 101 Å². The number of anilines is 1. The summed E-state index contributed by atoms with van der Waals surface area (Å²) in [5.41, 5.74) is 6.41. The molecule has 3 atom stereocenters. The molecule has 0 bridgehead atoms. The second kappa shape index (κ2) is 15.9. The Kier molecular flexibility index (Phi) is 10.5. The molecule has 10 heteroatoms. The van der Waals surface area contributed by atoms with Crippen molar-refractivity contribution in [1.82, 2.24) is 15.1 Å². The van der Waals surface area contributed by atoms with Crippen LogP contribution >= 0.6 is 0 Å². The first-order chi connectivity index (χ1) is 26.4. The van der Waals surface area contributed by atoms with E-state index in [9.17, 15) is 14.4 Å². The molecule has 0 radical (unpaired) electrons. The number of ether oxygens (including phenoxy) is 3. The lowest BCUT2D eigenvalue weighted by Gasteiger charge is -2.36. The van der Waals surface area contributed by atoms with Gasteiger partial charge in [0, 0.05) is 73.9 Å². The highest BCUT2D eigenvalue weighted by Crippen LogP contribution is 2.47. The number of carbonyl (C=O) groups is 3. The minimum Gasteiger partial charge on any atom is -0.497 e. The van der Waals surface area contributed by atoms with Crippen LogP contribution in [0.4, 0.5) is 5.69 Å². The zero-order valence-electron chi connectivity index (χ0n) is 30.9. The first-order valence-corrected chi connectivity index (χ1v) is 19.3. The van der Waals surface area contributed by atoms with Crippen molar-refractivity contribution < 1.29 is 28.6 Å². The molecule has 1 N–H and O–H groups in total. The number of methoxy groups -OCH3 is 1. The molecule has 2 saturated heterocycles. The van der Waals surface area contributed by atoms with Crippen molar-refractivity contribution in [3.63, 3.8) is 0 Å². The second-order valence-corrected chi connectivity index (χ2v) is 14.8. The summed E-state index contributed by atoms with van der Waals surface area (Å²) in [7, 11) is 1.68. The fourth-order valence-corrected chi connectivity index (χ4v) is 8.48. The van der Waals surface area contributed by atoms with E-state index in [2.05, 4.69) is 81.8 Å². The predicted molar refractivity (Wildman–Crippen MR) is 206 cm³/mol. The standard InChI is InChI=1S/C44H48N4O6/c1-52-35-15-17-37-40(27-35)54-29-38(30-8-4-2-5-9-30)42(37)31-10-13-34(14-11-31)53-25-7-3-6-20-46-21-23-47(24-22-46)33-12-16-36-32(26-33)28-48(44(36)51)39-18-19-41(49)45-43(39)50/h2,4-5,8-17,26-27,38-39,42H,3,6-7,18-25,28-29H2,1H3,(H,45,49,50)/t38-,39?,42-/m0/s1. The number of rotatable bonds is 12. The van der Waals surface area contributed by atoms with Crippen LogP contribution in [0.3, 0.4) is 0 Å². The molecule has 4 aromatic carbocycles. The van der Waals surface area contributed by atoms with Gasteiger partial charge in [-0.25, -0.2) is 0 Å². The summed E-state index contributed by atoms with van der Waals surface area (Å²) in [4.78, 5) is 43.6. The van der Waals surface area contributed by atoms with Crippen molar-refractivity contribution in [2.75, 3.05) is 57.9 Å². The molecule has 0 spiro atoms. The maximum Gasteiger partial charge on any atom is 0.255 e. The molecule has 10 nitrogen and oxygen atoms in total. The number of imide groups is 1. The van der Waals surface area contributed by atoms with Gasteiger partial charge in [-0.2, -0.15) is 0 Å². The van der Waals surface area contributed by atoms with E-state index in [1.807, 2.05) is 24.3 Å². The molecule has 4 aromatic rings. The van der Waals surface area contributed by atoms with Crippen molar-refractivity contribution in [1.29, 1.82) is 0 Å². The second-order valence-electron chi connectivity index (χ2n) is 14.8. The molecule has 1 unspecified atom stereocenters. The molecular weight excluding hydrogens is 681 g/mol. The lowest BCUT2D eigenvalue weighted by atomic mass is 9.76. The SMILES string of the molecule is COc1ccc2c(c1)OC[C@@H](c1ccccc1)[C@H]2c1ccc(OCCCCCN2CCN(c3ccc4c(c3)CN(C3CCC(=O)NC3=O)C4=O)CC2)cc1. The molecule has 4 aliphatic heterocycles. The van der Waals surface area contributed by atoms with Gasteiger partial charge >= 0.3 is 0 Å². The Morgan fingerprint density at radius 2 is 1.61 bits per heavy atom. The van der Waals surface area contributed by atoms with Crippen LogP contribution in [0.25, 0.3) is 0 Å². The van der Waals surface area contributed by atoms with Gasteiger partial charge in [-0.1, -0.05) is 48.5 Å². The van der Waals surface area contributed by atoms with E-state index in [0.29, 0.717) is 31.7 Å². The minimum atomic E-state index is -0.589. The first kappa shape index (κ1) is 35.7. The summed E-state index contributed by atoms with van der Waals surface area (Å²) in [5.74, 6) is 2.16. The number of hydrogen-bond donors (Lipinski definition) is 1. The van der Waals surface area contributed by atoms with Gasteiger partial charge < -0.3 is 24.0 Å². The Bertz CT molecular complexity index is 1980. The number of benzene rings is 4. The Hall–Kier alpha value is -5.35. The van der Waals surface area contributed by atoms with Gasteiger partial charge in [-0.3, -0.25) is 24.6 Å². The van der Waals surface area contributed by atoms with E-state index in [4.69, 9.17) is 14.2 Å². The summed E-state index contributed by atoms with van der Waals surface area (Å²) in [6, 6.07) is 30.8. The van der Waals surface area contributed by atoms with Crippen LogP contribution in [-0.2, 0) is 16.1 Å². The van der Waals surface area contributed by atoms with Crippen molar-refractivity contribution >= 4 is 23.4 Å². The summed E-state index contributed by atoms with van der Waals surface area (Å²) >= 11 is 0. The molecule has 0 aliphatic carbocycles. The van der Waals surface area contributed by atoms with Crippen LogP contribution in [0, 0.1) is 0 Å². The van der Waals surface area contributed by atoms with Crippen molar-refractivity contribution in [3.05, 3.63) is 119 Å². The van der Waals surface area contributed by atoms with Gasteiger partial charge in [0.2, 0.25) is 11.8 Å². The van der Waals surface area contributed by atoms with E-state index in [1.54, 1.807) is 12.0 Å². The lowest BCUT2D eigenvalue weighted by molar-refractivity contribution is -0.136. The molecule has 8 rings (SSSR count). The molecule has 4 aliphatic rings. The lowest BCUT2D eigenvalue weighted by Crippen LogP contribution is -2.52. The van der Waals surface area contributed by atoms with E-state index >= 15 is 0 Å². The highest BCUT2D eigenvalue weighted by atomic mass is 16.5. The zero-order valence-corrected chi connectivity index (χ0v) is 30.9. The Morgan fingerprint density at radius 1 is 0.815 bits per heavy atom. The van der Waals surface area contributed by atoms with Gasteiger partial charge in [0.15, 0.2) is 0 Å². The molecule has 3 amide bonds. The van der Waals surface area contributed by atoms with Gasteiger partial charge in [0.1, 0.15) is 23.3 Å². The Balaban J connectivity index is 0.777. The van der Waals surface area contributed by atoms with E-state index in [-0.39, 0.29) is 36.0 Å². The van der Waals surface area contributed by atoms with Crippen LogP contribution in [0.1, 0.15) is 76.6 Å². The van der Waals surface area contributed by atoms with Crippen molar-refractivity contribution in [2.24, 2.45) is 0 Å². The maximum absolute atomic E-state index is 13.1. The highest BCUT2D eigenvalue weighted by Gasteiger charge is 2.39. The molecule has 280 valence electrons. The average molecular weight is 729 g/mol. The number of nitrogens with one attached hydrogen (secondary N) is 1. The number of piperazine rings is 1. The number of carbonyl (C=O) groups excluding carboxylic acids is 3. The molecule has 0 aromatic heterocycles. The summed E-state index contributed by atoms with van der Waals surface area (Å²) in [6.45, 7) is 6.64. The van der Waals surface area contributed by atoms with Crippen LogP contribution in [-0.4, -0.2) is 86.6 Å². The molecule has 0 saturated carbocycles. The fourth-order valence-electron chi connectivity index (χ4n) is 8.48. The molecule has 4 heterocycles. The minimum absolute atomic E-state index is 0.129. The van der Waals surface area contributed by atoms with Crippen molar-refractivity contribution in [2.45, 2.75) is 56.5 Å². The maximum atomic E-state index is 13.1. The smallest absolute Gasteiger partial charge is 0.255 e. The molecule has 54 heavy (non-hydrogen) atoms. The van der Waals surface area contributed by atoms with E-state index in [1.165, 1.54) is 16.7 Å². The Labute approximate surface area is 317 Å².